The van der Waals surface area contributed by atoms with Gasteiger partial charge in [-0.25, -0.2) is 0 Å². The summed E-state index contributed by atoms with van der Waals surface area (Å²) in [5.74, 6) is 0.804. The van der Waals surface area contributed by atoms with Gasteiger partial charge in [0, 0.05) is 18.0 Å². The zero-order valence-electron chi connectivity index (χ0n) is 16.7. The topological polar surface area (TPSA) is 45.5 Å². The molecule has 2 heterocycles. The molecule has 0 spiro atoms. The Labute approximate surface area is 160 Å². The zero-order valence-corrected chi connectivity index (χ0v) is 16.7. The van der Waals surface area contributed by atoms with Crippen molar-refractivity contribution in [1.82, 2.24) is 9.78 Å². The Hall–Kier alpha value is -2.31. The minimum absolute atomic E-state index is 0.368. The van der Waals surface area contributed by atoms with Crippen LogP contribution in [-0.4, -0.2) is 35.2 Å². The van der Waals surface area contributed by atoms with E-state index < -0.39 is 7.12 Å². The number of hydrogen-bond donors (Lipinski definition) is 0. The number of para-hydroxylation sites is 1. The summed E-state index contributed by atoms with van der Waals surface area (Å²) in [7, 11) is 3.24. The summed E-state index contributed by atoms with van der Waals surface area (Å²) >= 11 is 0. The van der Waals surface area contributed by atoms with E-state index >= 15 is 0 Å². The minimum Gasteiger partial charge on any atom is -0.496 e. The van der Waals surface area contributed by atoms with Crippen LogP contribution in [0.3, 0.4) is 0 Å². The molecule has 140 valence electrons. The monoisotopic (exact) mass is 364 g/mol. The summed E-state index contributed by atoms with van der Waals surface area (Å²) in [6, 6.07) is 14.2. The van der Waals surface area contributed by atoms with Crippen LogP contribution in [-0.2, 0) is 16.4 Å². The number of nitrogens with zero attached hydrogens (tertiary/aromatic N) is 2. The first-order valence-electron chi connectivity index (χ1n) is 9.19. The van der Waals surface area contributed by atoms with Gasteiger partial charge in [0.25, 0.3) is 0 Å². The van der Waals surface area contributed by atoms with Gasteiger partial charge in [-0.2, -0.15) is 5.10 Å². The number of benzene rings is 2. The Morgan fingerprint density at radius 1 is 1.00 bits per heavy atom. The van der Waals surface area contributed by atoms with Crippen LogP contribution >= 0.6 is 0 Å². The van der Waals surface area contributed by atoms with Crippen molar-refractivity contribution in [2.45, 2.75) is 38.9 Å². The fourth-order valence-electron chi connectivity index (χ4n) is 3.45. The van der Waals surface area contributed by atoms with E-state index in [0.29, 0.717) is 0 Å². The van der Waals surface area contributed by atoms with E-state index in [1.54, 1.807) is 7.11 Å². The van der Waals surface area contributed by atoms with E-state index in [2.05, 4.69) is 45.9 Å². The van der Waals surface area contributed by atoms with E-state index in [-0.39, 0.29) is 11.2 Å². The van der Waals surface area contributed by atoms with Gasteiger partial charge in [-0.05, 0) is 51.4 Å². The highest BCUT2D eigenvalue weighted by Crippen LogP contribution is 2.37. The van der Waals surface area contributed by atoms with Crippen molar-refractivity contribution >= 4 is 23.5 Å². The molecule has 5 nitrogen and oxygen atoms in total. The maximum absolute atomic E-state index is 6.22. The number of fused-ring (bicyclic) bond motifs is 1. The van der Waals surface area contributed by atoms with Crippen molar-refractivity contribution in [3.05, 3.63) is 42.5 Å². The largest absolute Gasteiger partial charge is 0.496 e. The first-order valence-corrected chi connectivity index (χ1v) is 9.19. The van der Waals surface area contributed by atoms with E-state index in [4.69, 9.17) is 19.1 Å². The quantitative estimate of drug-likeness (QED) is 0.667. The molecule has 2 aromatic carbocycles. The highest BCUT2D eigenvalue weighted by atomic mass is 16.7. The molecule has 0 radical (unpaired) electrons. The molecule has 0 aliphatic carbocycles. The van der Waals surface area contributed by atoms with Gasteiger partial charge in [-0.1, -0.05) is 24.3 Å². The molecule has 4 rings (SSSR count). The van der Waals surface area contributed by atoms with Crippen molar-refractivity contribution in [2.75, 3.05) is 7.11 Å². The first kappa shape index (κ1) is 18.1. The van der Waals surface area contributed by atoms with Gasteiger partial charge in [0.05, 0.1) is 23.8 Å². The van der Waals surface area contributed by atoms with Crippen LogP contribution in [0.5, 0.6) is 5.75 Å². The second-order valence-corrected chi connectivity index (χ2v) is 8.04. The summed E-state index contributed by atoms with van der Waals surface area (Å²) in [5.41, 5.74) is 3.17. The highest BCUT2D eigenvalue weighted by molar-refractivity contribution is 6.62. The lowest BCUT2D eigenvalue weighted by molar-refractivity contribution is 0.00578. The van der Waals surface area contributed by atoms with Crippen LogP contribution in [0.4, 0.5) is 0 Å². The van der Waals surface area contributed by atoms with Crippen LogP contribution in [0.1, 0.15) is 27.7 Å². The minimum atomic E-state index is -0.398. The third kappa shape index (κ3) is 2.84. The maximum atomic E-state index is 6.22. The molecule has 0 saturated carbocycles. The second-order valence-electron chi connectivity index (χ2n) is 8.04. The van der Waals surface area contributed by atoms with Crippen molar-refractivity contribution < 1.29 is 14.0 Å². The van der Waals surface area contributed by atoms with Crippen LogP contribution in [0.15, 0.2) is 42.5 Å². The summed E-state index contributed by atoms with van der Waals surface area (Å²) in [6.45, 7) is 8.26. The Balaban J connectivity index is 1.84. The Morgan fingerprint density at radius 3 is 2.33 bits per heavy atom. The van der Waals surface area contributed by atoms with Crippen molar-refractivity contribution in [2.24, 2.45) is 7.05 Å². The molecule has 1 saturated heterocycles. The van der Waals surface area contributed by atoms with Crippen molar-refractivity contribution in [3.63, 3.8) is 0 Å². The molecule has 0 atom stereocenters. The number of rotatable bonds is 3. The predicted octanol–water partition coefficient (Wildman–Crippen LogP) is 3.55. The molecule has 0 bridgehead atoms. The average molecular weight is 364 g/mol. The molecule has 1 aliphatic rings. The van der Waals surface area contributed by atoms with Crippen LogP contribution in [0.2, 0.25) is 0 Å². The number of hydrogen-bond acceptors (Lipinski definition) is 4. The van der Waals surface area contributed by atoms with E-state index in [1.165, 1.54) is 0 Å². The summed E-state index contributed by atoms with van der Waals surface area (Å²) in [6.07, 6.45) is 0. The van der Waals surface area contributed by atoms with Crippen LogP contribution < -0.4 is 10.2 Å². The lowest BCUT2D eigenvalue weighted by Gasteiger charge is -2.32. The van der Waals surface area contributed by atoms with Gasteiger partial charge >= 0.3 is 7.12 Å². The average Bonchev–Trinajstić information content (AvgIpc) is 3.07. The Kier molecular flexibility index (Phi) is 4.09. The third-order valence-electron chi connectivity index (χ3n) is 5.76. The zero-order chi connectivity index (χ0) is 19.4. The molecule has 0 amide bonds. The smallest absolute Gasteiger partial charge is 0.494 e. The van der Waals surface area contributed by atoms with Gasteiger partial charge in [0.15, 0.2) is 0 Å². The number of aryl methyl sites for hydroxylation is 1. The first-order chi connectivity index (χ1) is 12.7. The van der Waals surface area contributed by atoms with Crippen LogP contribution in [0.25, 0.3) is 22.2 Å². The van der Waals surface area contributed by atoms with Gasteiger partial charge in [-0.15, -0.1) is 0 Å². The van der Waals surface area contributed by atoms with Crippen molar-refractivity contribution in [1.29, 1.82) is 0 Å². The molecule has 27 heavy (non-hydrogen) atoms. The molecular formula is C21H25BN2O3. The van der Waals surface area contributed by atoms with Crippen molar-refractivity contribution in [3.8, 4) is 17.0 Å². The number of ether oxygens (including phenoxy) is 1. The fourth-order valence-corrected chi connectivity index (χ4v) is 3.45. The highest BCUT2D eigenvalue weighted by Gasteiger charge is 2.51. The summed E-state index contributed by atoms with van der Waals surface area (Å²) in [5, 5.41) is 5.80. The van der Waals surface area contributed by atoms with Gasteiger partial charge in [-0.3, -0.25) is 4.68 Å². The third-order valence-corrected chi connectivity index (χ3v) is 5.76. The molecule has 1 aromatic heterocycles. The molecular weight excluding hydrogens is 339 g/mol. The second kappa shape index (κ2) is 6.11. The molecule has 6 heteroatoms. The lowest BCUT2D eigenvalue weighted by Crippen LogP contribution is -2.41. The Bertz CT molecular complexity index is 994. The standard InChI is InChI=1S/C21H25BN2O3/c1-20(2)21(3,4)27-22(26-20)14-11-12-17-16(13-14)19(23-24(17)5)15-9-7-8-10-18(15)25-6/h7-13H,1-6H3. The fraction of sp³-hybridized carbons (Fsp3) is 0.381. The molecule has 1 fully saturated rings. The van der Waals surface area contributed by atoms with E-state index in [0.717, 1.165) is 33.4 Å². The van der Waals surface area contributed by atoms with E-state index in [9.17, 15) is 0 Å². The molecule has 0 N–H and O–H groups in total. The molecule has 0 unspecified atom stereocenters. The maximum Gasteiger partial charge on any atom is 0.494 e. The summed E-state index contributed by atoms with van der Waals surface area (Å²) < 4.78 is 19.9. The summed E-state index contributed by atoms with van der Waals surface area (Å²) in [4.78, 5) is 0. The normalized spacial score (nSPS) is 18.2. The number of aromatic nitrogens is 2. The van der Waals surface area contributed by atoms with Crippen LogP contribution in [0, 0.1) is 0 Å². The predicted molar refractivity (Wildman–Crippen MR) is 108 cm³/mol. The lowest BCUT2D eigenvalue weighted by atomic mass is 9.78. The molecule has 1 aliphatic heterocycles. The number of methoxy groups -OCH3 is 1. The van der Waals surface area contributed by atoms with Gasteiger partial charge in [0.1, 0.15) is 11.4 Å². The van der Waals surface area contributed by atoms with E-state index in [1.807, 2.05) is 36.0 Å². The van der Waals surface area contributed by atoms with Gasteiger partial charge in [0.2, 0.25) is 0 Å². The Morgan fingerprint density at radius 2 is 1.67 bits per heavy atom. The molecule has 3 aromatic rings. The van der Waals surface area contributed by atoms with Gasteiger partial charge < -0.3 is 14.0 Å². The SMILES string of the molecule is COc1ccccc1-c1nn(C)c2ccc(B3OC(C)(C)C(C)(C)O3)cc12.